The molecule has 1 aromatic rings. The van der Waals surface area contributed by atoms with Crippen molar-refractivity contribution in [3.8, 4) is 6.07 Å². The molecule has 1 atom stereocenters. The first kappa shape index (κ1) is 16.5. The minimum atomic E-state index is -0.0222. The molecule has 118 valence electrons. The minimum absolute atomic E-state index is 0.0222. The second-order valence-electron chi connectivity index (χ2n) is 5.08. The largest absolute Gasteiger partial charge is 0.507 e. The average Bonchev–Trinajstić information content (AvgIpc) is 2.98. The van der Waals surface area contributed by atoms with Gasteiger partial charge < -0.3 is 5.11 Å². The van der Waals surface area contributed by atoms with Crippen molar-refractivity contribution in [2.45, 2.75) is 25.8 Å². The lowest BCUT2D eigenvalue weighted by Crippen LogP contribution is -2.21. The van der Waals surface area contributed by atoms with Crippen molar-refractivity contribution in [3.05, 3.63) is 66.2 Å². The third-order valence-corrected chi connectivity index (χ3v) is 3.63. The lowest BCUT2D eigenvalue weighted by atomic mass is 10.00. The van der Waals surface area contributed by atoms with Gasteiger partial charge in [-0.15, -0.1) is 0 Å². The molecule has 1 N–H and O–H groups in total. The highest BCUT2D eigenvalue weighted by atomic mass is 16.3. The summed E-state index contributed by atoms with van der Waals surface area (Å²) in [6, 6.07) is 7.89. The maximum absolute atomic E-state index is 10.1. The maximum Gasteiger partial charge on any atom is 0.124 e. The van der Waals surface area contributed by atoms with Crippen LogP contribution in [0.2, 0.25) is 0 Å². The normalized spacial score (nSPS) is 18.5. The van der Waals surface area contributed by atoms with Crippen LogP contribution in [0.4, 0.5) is 0 Å². The molecule has 2 rings (SSSR count). The van der Waals surface area contributed by atoms with Gasteiger partial charge in [-0.25, -0.2) is 0 Å². The lowest BCUT2D eigenvalue weighted by Gasteiger charge is -2.21. The predicted molar refractivity (Wildman–Crippen MR) is 90.6 cm³/mol. The van der Waals surface area contributed by atoms with Crippen molar-refractivity contribution < 1.29 is 5.11 Å². The van der Waals surface area contributed by atoms with E-state index in [1.54, 1.807) is 12.3 Å². The second-order valence-corrected chi connectivity index (χ2v) is 5.08. The van der Waals surface area contributed by atoms with Crippen LogP contribution in [0.3, 0.4) is 0 Å². The Hall–Kier alpha value is -2.87. The molecule has 2 heterocycles. The number of aromatic nitrogens is 1. The van der Waals surface area contributed by atoms with Crippen molar-refractivity contribution in [3.63, 3.8) is 0 Å². The Kier molecular flexibility index (Phi) is 5.70. The molecule has 1 aliphatic heterocycles. The number of nitriles is 1. The van der Waals surface area contributed by atoms with Crippen LogP contribution in [0.5, 0.6) is 0 Å². The molecule has 0 amide bonds. The number of hydrazone groups is 1. The molecule has 23 heavy (non-hydrogen) atoms. The fourth-order valence-corrected chi connectivity index (χ4v) is 2.58. The quantitative estimate of drug-likeness (QED) is 0.643. The Bertz CT molecular complexity index is 683. The van der Waals surface area contributed by atoms with E-state index in [1.807, 2.05) is 36.2 Å². The number of aliphatic hydroxyl groups is 1. The second kappa shape index (κ2) is 7.95. The van der Waals surface area contributed by atoms with Gasteiger partial charge in [0.1, 0.15) is 5.76 Å². The fraction of sp³-hybridized carbons (Fsp3) is 0.278. The van der Waals surface area contributed by atoms with Crippen LogP contribution in [0.25, 0.3) is 0 Å². The molecule has 0 aromatic carbocycles. The molecule has 0 saturated heterocycles. The molecule has 0 aliphatic carbocycles. The molecular formula is C18H20N4O. The number of hydrogen-bond acceptors (Lipinski definition) is 5. The summed E-state index contributed by atoms with van der Waals surface area (Å²) >= 11 is 0. The van der Waals surface area contributed by atoms with Gasteiger partial charge in [-0.05, 0) is 25.1 Å². The van der Waals surface area contributed by atoms with Gasteiger partial charge in [0, 0.05) is 24.7 Å². The van der Waals surface area contributed by atoms with E-state index >= 15 is 0 Å². The van der Waals surface area contributed by atoms with Crippen LogP contribution in [0.15, 0.2) is 65.6 Å². The Balaban J connectivity index is 2.30. The number of nitrogens with zero attached hydrogens (tertiary/aromatic N) is 4. The van der Waals surface area contributed by atoms with Crippen LogP contribution in [0.1, 0.15) is 31.5 Å². The van der Waals surface area contributed by atoms with Crippen molar-refractivity contribution in [2.24, 2.45) is 5.10 Å². The molecule has 5 heteroatoms. The first-order chi connectivity index (χ1) is 11.2. The predicted octanol–water partition coefficient (Wildman–Crippen LogP) is 3.67. The SMILES string of the molecule is C=C/C=C(O)\C(=C/C)C1=NN(CCC#N)C(c2ccccn2)C1. The number of hydrogen-bond donors (Lipinski definition) is 1. The Morgan fingerprint density at radius 2 is 2.39 bits per heavy atom. The maximum atomic E-state index is 10.1. The van der Waals surface area contributed by atoms with Gasteiger partial charge in [0.2, 0.25) is 0 Å². The zero-order valence-electron chi connectivity index (χ0n) is 13.2. The summed E-state index contributed by atoms with van der Waals surface area (Å²) in [5.74, 6) is 0.142. The summed E-state index contributed by atoms with van der Waals surface area (Å²) in [7, 11) is 0. The van der Waals surface area contributed by atoms with E-state index in [2.05, 4.69) is 22.7 Å². The van der Waals surface area contributed by atoms with Crippen LogP contribution in [-0.2, 0) is 0 Å². The van der Waals surface area contributed by atoms with E-state index in [4.69, 9.17) is 5.26 Å². The lowest BCUT2D eigenvalue weighted by molar-refractivity contribution is 0.235. The summed E-state index contributed by atoms with van der Waals surface area (Å²) in [4.78, 5) is 4.41. The molecule has 5 nitrogen and oxygen atoms in total. The average molecular weight is 308 g/mol. The van der Waals surface area contributed by atoms with Gasteiger partial charge in [-0.3, -0.25) is 9.99 Å². The molecule has 1 aliphatic rings. The van der Waals surface area contributed by atoms with Crippen molar-refractivity contribution in [1.29, 1.82) is 5.26 Å². The summed E-state index contributed by atoms with van der Waals surface area (Å²) in [5.41, 5.74) is 2.38. The summed E-state index contributed by atoms with van der Waals surface area (Å²) in [5, 5.41) is 25.5. The number of rotatable bonds is 6. The van der Waals surface area contributed by atoms with Crippen LogP contribution >= 0.6 is 0 Å². The van der Waals surface area contributed by atoms with E-state index in [-0.39, 0.29) is 11.8 Å². The van der Waals surface area contributed by atoms with Crippen molar-refractivity contribution in [1.82, 2.24) is 9.99 Å². The zero-order chi connectivity index (χ0) is 16.7. The highest BCUT2D eigenvalue weighted by Gasteiger charge is 2.30. The number of pyridine rings is 1. The molecule has 0 fully saturated rings. The van der Waals surface area contributed by atoms with Gasteiger partial charge >= 0.3 is 0 Å². The molecule has 0 saturated carbocycles. The van der Waals surface area contributed by atoms with E-state index in [0.717, 1.165) is 11.4 Å². The molecular weight excluding hydrogens is 288 g/mol. The number of allylic oxidation sites excluding steroid dienone is 4. The molecule has 1 unspecified atom stereocenters. The van der Waals surface area contributed by atoms with Gasteiger partial charge in [0.15, 0.2) is 0 Å². The van der Waals surface area contributed by atoms with E-state index in [9.17, 15) is 5.11 Å². The highest BCUT2D eigenvalue weighted by Crippen LogP contribution is 2.32. The first-order valence-corrected chi connectivity index (χ1v) is 7.52. The Morgan fingerprint density at radius 3 is 3.00 bits per heavy atom. The third kappa shape index (κ3) is 3.86. The summed E-state index contributed by atoms with van der Waals surface area (Å²) in [6.07, 6.45) is 7.69. The smallest absolute Gasteiger partial charge is 0.124 e. The molecule has 1 aromatic heterocycles. The Morgan fingerprint density at radius 1 is 1.57 bits per heavy atom. The van der Waals surface area contributed by atoms with Gasteiger partial charge in [0.25, 0.3) is 0 Å². The van der Waals surface area contributed by atoms with Crippen LogP contribution < -0.4 is 0 Å². The monoisotopic (exact) mass is 308 g/mol. The first-order valence-electron chi connectivity index (χ1n) is 7.52. The molecule has 0 radical (unpaired) electrons. The topological polar surface area (TPSA) is 72.5 Å². The van der Waals surface area contributed by atoms with Crippen LogP contribution in [-0.4, -0.2) is 27.4 Å². The van der Waals surface area contributed by atoms with E-state index in [1.165, 1.54) is 6.08 Å². The summed E-state index contributed by atoms with van der Waals surface area (Å²) in [6.45, 7) is 5.99. The number of aliphatic hydroxyl groups excluding tert-OH is 1. The fourth-order valence-electron chi connectivity index (χ4n) is 2.58. The van der Waals surface area contributed by atoms with Crippen molar-refractivity contribution >= 4 is 5.71 Å². The molecule has 0 spiro atoms. The summed E-state index contributed by atoms with van der Waals surface area (Å²) < 4.78 is 0. The van der Waals surface area contributed by atoms with E-state index in [0.29, 0.717) is 25.0 Å². The van der Waals surface area contributed by atoms with Gasteiger partial charge in [-0.1, -0.05) is 24.8 Å². The van der Waals surface area contributed by atoms with Gasteiger partial charge in [0.05, 0.1) is 29.9 Å². The standard InChI is InChI=1S/C18H20N4O/c1-3-8-18(23)14(4-2)16-13-17(15-9-5-6-11-20-15)22(21-16)12-7-10-19/h3-6,8-9,11,17,23H,1,7,12-13H2,2H3/b14-4-,18-8+. The van der Waals surface area contributed by atoms with E-state index < -0.39 is 0 Å². The Labute approximate surface area is 136 Å². The third-order valence-electron chi connectivity index (χ3n) is 3.63. The minimum Gasteiger partial charge on any atom is -0.507 e. The van der Waals surface area contributed by atoms with Crippen LogP contribution in [0, 0.1) is 11.3 Å². The van der Waals surface area contributed by atoms with Gasteiger partial charge in [-0.2, -0.15) is 10.4 Å². The molecule has 0 bridgehead atoms. The zero-order valence-corrected chi connectivity index (χ0v) is 13.2. The van der Waals surface area contributed by atoms with Crippen molar-refractivity contribution in [2.75, 3.05) is 6.54 Å². The highest BCUT2D eigenvalue weighted by molar-refractivity contribution is 6.04.